The predicted molar refractivity (Wildman–Crippen MR) is 153 cm³/mol. The third-order valence-electron chi connectivity index (χ3n) is 6.95. The first kappa shape index (κ1) is 34.7. The van der Waals surface area contributed by atoms with E-state index in [1.54, 1.807) is 0 Å². The Balaban J connectivity index is 4.78. The molecule has 0 atom stereocenters. The van der Waals surface area contributed by atoms with Gasteiger partial charge in [-0.25, -0.2) is 9.59 Å². The SMILES string of the molecule is CCCCCCCCCC/C(C(=O)OCCCCCCCC)=C(\CC)C(=O)OCCCCCCCC. The largest absolute Gasteiger partial charge is 0.462 e. The van der Waals surface area contributed by atoms with Crippen molar-refractivity contribution in [3.05, 3.63) is 11.1 Å². The second-order valence-corrected chi connectivity index (χ2v) is 10.3. The molecule has 0 aromatic heterocycles. The third kappa shape index (κ3) is 19.8. The molecule has 0 radical (unpaired) electrons. The van der Waals surface area contributed by atoms with Crippen LogP contribution < -0.4 is 0 Å². The Labute approximate surface area is 224 Å². The quantitative estimate of drug-likeness (QED) is 0.0662. The first-order valence-corrected chi connectivity index (χ1v) is 15.7. The second-order valence-electron chi connectivity index (χ2n) is 10.3. The van der Waals surface area contributed by atoms with Crippen LogP contribution in [0.15, 0.2) is 11.1 Å². The Kier molecular flexibility index (Phi) is 25.8. The van der Waals surface area contributed by atoms with Crippen LogP contribution in [-0.4, -0.2) is 25.2 Å². The van der Waals surface area contributed by atoms with E-state index in [0.717, 1.165) is 38.5 Å². The van der Waals surface area contributed by atoms with Gasteiger partial charge in [0.05, 0.1) is 13.2 Å². The van der Waals surface area contributed by atoms with Crippen molar-refractivity contribution in [3.8, 4) is 0 Å². The summed E-state index contributed by atoms with van der Waals surface area (Å²) in [5.74, 6) is -0.628. The van der Waals surface area contributed by atoms with Crippen LogP contribution >= 0.6 is 0 Å². The summed E-state index contributed by atoms with van der Waals surface area (Å²) in [4.78, 5) is 25.9. The molecule has 0 rings (SSSR count). The molecule has 0 bridgehead atoms. The zero-order valence-corrected chi connectivity index (χ0v) is 24.6. The lowest BCUT2D eigenvalue weighted by molar-refractivity contribution is -0.142. The first-order chi connectivity index (χ1) is 17.6. The number of hydrogen-bond acceptors (Lipinski definition) is 4. The van der Waals surface area contributed by atoms with Crippen molar-refractivity contribution in [3.63, 3.8) is 0 Å². The van der Waals surface area contributed by atoms with Crippen LogP contribution in [0.5, 0.6) is 0 Å². The van der Waals surface area contributed by atoms with Crippen LogP contribution in [-0.2, 0) is 19.1 Å². The fourth-order valence-corrected chi connectivity index (χ4v) is 4.56. The highest BCUT2D eigenvalue weighted by Gasteiger charge is 2.22. The molecule has 0 unspecified atom stereocenters. The molecule has 0 spiro atoms. The maximum Gasteiger partial charge on any atom is 0.334 e. The summed E-state index contributed by atoms with van der Waals surface area (Å²) >= 11 is 0. The lowest BCUT2D eigenvalue weighted by Gasteiger charge is -2.14. The highest BCUT2D eigenvalue weighted by Crippen LogP contribution is 2.21. The van der Waals surface area contributed by atoms with E-state index in [0.29, 0.717) is 37.2 Å². The molecular formula is C32H60O4. The van der Waals surface area contributed by atoms with Gasteiger partial charge in [-0.1, -0.05) is 137 Å². The topological polar surface area (TPSA) is 52.6 Å². The molecule has 0 N–H and O–H groups in total. The summed E-state index contributed by atoms with van der Waals surface area (Å²) in [7, 11) is 0. The normalized spacial score (nSPS) is 11.9. The van der Waals surface area contributed by atoms with Gasteiger partial charge in [-0.05, 0) is 32.1 Å². The maximum atomic E-state index is 13.0. The molecule has 4 heteroatoms. The summed E-state index contributed by atoms with van der Waals surface area (Å²) < 4.78 is 11.2. The first-order valence-electron chi connectivity index (χ1n) is 15.7. The molecule has 0 fully saturated rings. The summed E-state index contributed by atoms with van der Waals surface area (Å²) in [6.45, 7) is 9.48. The van der Waals surface area contributed by atoms with Gasteiger partial charge >= 0.3 is 11.9 Å². The lowest BCUT2D eigenvalue weighted by Crippen LogP contribution is -2.17. The molecule has 4 nitrogen and oxygen atoms in total. The summed E-state index contributed by atoms with van der Waals surface area (Å²) in [5.41, 5.74) is 1.08. The van der Waals surface area contributed by atoms with Crippen molar-refractivity contribution in [2.24, 2.45) is 0 Å². The zero-order chi connectivity index (χ0) is 26.7. The van der Waals surface area contributed by atoms with Gasteiger partial charge < -0.3 is 9.47 Å². The van der Waals surface area contributed by atoms with Crippen molar-refractivity contribution < 1.29 is 19.1 Å². The van der Waals surface area contributed by atoms with E-state index in [9.17, 15) is 9.59 Å². The number of hydrogen-bond donors (Lipinski definition) is 0. The molecule has 0 aliphatic carbocycles. The van der Waals surface area contributed by atoms with Crippen molar-refractivity contribution in [2.75, 3.05) is 13.2 Å². The van der Waals surface area contributed by atoms with E-state index < -0.39 is 0 Å². The third-order valence-corrected chi connectivity index (χ3v) is 6.95. The van der Waals surface area contributed by atoms with Crippen molar-refractivity contribution in [1.82, 2.24) is 0 Å². The molecule has 0 amide bonds. The molecule has 0 heterocycles. The van der Waals surface area contributed by atoms with Crippen LogP contribution in [0, 0.1) is 0 Å². The molecular weight excluding hydrogens is 448 g/mol. The smallest absolute Gasteiger partial charge is 0.334 e. The van der Waals surface area contributed by atoms with E-state index in [4.69, 9.17) is 9.47 Å². The van der Waals surface area contributed by atoms with Crippen LogP contribution in [0.4, 0.5) is 0 Å². The van der Waals surface area contributed by atoms with Crippen LogP contribution in [0.2, 0.25) is 0 Å². The molecule has 0 aromatic rings. The molecule has 0 aliphatic rings. The molecule has 36 heavy (non-hydrogen) atoms. The Hall–Kier alpha value is -1.32. The highest BCUT2D eigenvalue weighted by atomic mass is 16.5. The Morgan fingerprint density at radius 1 is 0.417 bits per heavy atom. The zero-order valence-electron chi connectivity index (χ0n) is 24.6. The summed E-state index contributed by atoms with van der Waals surface area (Å²) in [6.07, 6.45) is 24.6. The average Bonchev–Trinajstić information content (AvgIpc) is 2.88. The van der Waals surface area contributed by atoms with Crippen molar-refractivity contribution in [2.45, 2.75) is 169 Å². The Morgan fingerprint density at radius 2 is 0.750 bits per heavy atom. The van der Waals surface area contributed by atoms with E-state index in [2.05, 4.69) is 20.8 Å². The molecule has 0 aliphatic heterocycles. The van der Waals surface area contributed by atoms with Crippen LogP contribution in [0.3, 0.4) is 0 Å². The standard InChI is InChI=1S/C32H60O4/c1-5-9-12-15-18-19-20-23-26-30(32(34)36-28-25-22-17-14-11-7-3)29(8-4)31(33)35-27-24-21-16-13-10-6-2/h5-28H2,1-4H3/b30-29-. The number of esters is 2. The van der Waals surface area contributed by atoms with Gasteiger partial charge in [-0.2, -0.15) is 0 Å². The van der Waals surface area contributed by atoms with E-state index in [-0.39, 0.29) is 11.9 Å². The van der Waals surface area contributed by atoms with Gasteiger partial charge in [-0.3, -0.25) is 0 Å². The van der Waals surface area contributed by atoms with Gasteiger partial charge in [0.2, 0.25) is 0 Å². The minimum Gasteiger partial charge on any atom is -0.462 e. The van der Waals surface area contributed by atoms with Crippen molar-refractivity contribution >= 4 is 11.9 Å². The summed E-state index contributed by atoms with van der Waals surface area (Å²) in [5, 5.41) is 0. The number of ether oxygens (including phenoxy) is 2. The molecule has 0 saturated heterocycles. The number of carbonyl (C=O) groups is 2. The fraction of sp³-hybridized carbons (Fsp3) is 0.875. The number of rotatable bonds is 26. The van der Waals surface area contributed by atoms with Crippen LogP contribution in [0.1, 0.15) is 169 Å². The molecule has 0 aromatic carbocycles. The van der Waals surface area contributed by atoms with Gasteiger partial charge in [0.1, 0.15) is 0 Å². The highest BCUT2D eigenvalue weighted by molar-refractivity contribution is 6.00. The Bertz CT molecular complexity index is 552. The minimum atomic E-state index is -0.322. The van der Waals surface area contributed by atoms with Gasteiger partial charge in [-0.15, -0.1) is 0 Å². The minimum absolute atomic E-state index is 0.306. The lowest BCUT2D eigenvalue weighted by atomic mass is 9.98. The molecule has 212 valence electrons. The van der Waals surface area contributed by atoms with Crippen LogP contribution in [0.25, 0.3) is 0 Å². The Morgan fingerprint density at radius 3 is 1.14 bits per heavy atom. The average molecular weight is 509 g/mol. The fourth-order valence-electron chi connectivity index (χ4n) is 4.56. The second kappa shape index (κ2) is 26.7. The summed E-state index contributed by atoms with van der Waals surface area (Å²) in [6, 6.07) is 0. The van der Waals surface area contributed by atoms with E-state index in [1.165, 1.54) is 89.9 Å². The molecule has 0 saturated carbocycles. The maximum absolute atomic E-state index is 13.0. The van der Waals surface area contributed by atoms with E-state index >= 15 is 0 Å². The number of carbonyl (C=O) groups excluding carboxylic acids is 2. The van der Waals surface area contributed by atoms with Gasteiger partial charge in [0.15, 0.2) is 0 Å². The monoisotopic (exact) mass is 508 g/mol. The van der Waals surface area contributed by atoms with Gasteiger partial charge in [0.25, 0.3) is 0 Å². The van der Waals surface area contributed by atoms with Crippen molar-refractivity contribution in [1.29, 1.82) is 0 Å². The van der Waals surface area contributed by atoms with E-state index in [1.807, 2.05) is 6.92 Å². The van der Waals surface area contributed by atoms with Gasteiger partial charge in [0, 0.05) is 11.1 Å². The number of unbranched alkanes of at least 4 members (excludes halogenated alkanes) is 17. The predicted octanol–water partition coefficient (Wildman–Crippen LogP) is 10.0.